The number of anilines is 4. The van der Waals surface area contributed by atoms with Gasteiger partial charge in [-0.15, -0.1) is 0 Å². The van der Waals surface area contributed by atoms with Gasteiger partial charge >= 0.3 is 0 Å². The lowest BCUT2D eigenvalue weighted by molar-refractivity contribution is 0.995. The fraction of sp³-hybridized carbons (Fsp3) is 0.0323. The molecule has 0 aliphatic carbocycles. The van der Waals surface area contributed by atoms with Gasteiger partial charge < -0.3 is 14.2 Å². The van der Waals surface area contributed by atoms with Gasteiger partial charge in [0.05, 0.1) is 33.6 Å². The van der Waals surface area contributed by atoms with Crippen molar-refractivity contribution in [1.82, 2.24) is 4.40 Å². The van der Waals surface area contributed by atoms with Crippen molar-refractivity contribution in [3.8, 4) is 0 Å². The van der Waals surface area contributed by atoms with E-state index in [-0.39, 0.29) is 0 Å². The van der Waals surface area contributed by atoms with Crippen molar-refractivity contribution < 1.29 is 0 Å². The third kappa shape index (κ3) is 2.21. The Balaban J connectivity index is 1.46. The maximum atomic E-state index is 2.47. The Hall–Kier alpha value is -4.50. The fourth-order valence-corrected chi connectivity index (χ4v) is 5.92. The van der Waals surface area contributed by atoms with E-state index in [0.29, 0.717) is 0 Å². The number of aromatic nitrogens is 1. The van der Waals surface area contributed by atoms with Gasteiger partial charge in [0, 0.05) is 27.2 Å². The summed E-state index contributed by atoms with van der Waals surface area (Å²) in [5.74, 6) is 0. The molecule has 0 bridgehead atoms. The summed E-state index contributed by atoms with van der Waals surface area (Å²) in [5.41, 5.74) is 8.81. The third-order valence-corrected chi connectivity index (χ3v) is 7.33. The van der Waals surface area contributed by atoms with E-state index in [1.807, 2.05) is 0 Å². The molecular weight excluding hydrogens is 414 g/mol. The lowest BCUT2D eigenvalue weighted by Gasteiger charge is -2.23. The summed E-state index contributed by atoms with van der Waals surface area (Å²) in [4.78, 5) is 4.88. The molecule has 1 aliphatic rings. The summed E-state index contributed by atoms with van der Waals surface area (Å²) < 4.78 is 2.45. The molecule has 0 amide bonds. The van der Waals surface area contributed by atoms with Gasteiger partial charge in [0.15, 0.2) is 0 Å². The predicted molar refractivity (Wildman–Crippen MR) is 143 cm³/mol. The SMILES string of the molecule is c1ccc(N2CN(c3ccc4c5ccccc5n5c6ccccc6c3c45)c3ccccc32)cc1. The maximum Gasteiger partial charge on any atom is 0.100 e. The van der Waals surface area contributed by atoms with Crippen molar-refractivity contribution in [2.45, 2.75) is 0 Å². The first-order valence-corrected chi connectivity index (χ1v) is 11.8. The van der Waals surface area contributed by atoms with Crippen LogP contribution in [-0.2, 0) is 0 Å². The van der Waals surface area contributed by atoms with E-state index >= 15 is 0 Å². The molecule has 0 fully saturated rings. The first-order chi connectivity index (χ1) is 16.9. The Morgan fingerprint density at radius 1 is 0.441 bits per heavy atom. The largest absolute Gasteiger partial charge is 0.321 e. The van der Waals surface area contributed by atoms with Crippen molar-refractivity contribution >= 4 is 60.8 Å². The molecule has 1 aliphatic heterocycles. The molecule has 0 spiro atoms. The van der Waals surface area contributed by atoms with Crippen LogP contribution in [0.2, 0.25) is 0 Å². The van der Waals surface area contributed by atoms with Crippen LogP contribution >= 0.6 is 0 Å². The minimum atomic E-state index is 0.782. The number of rotatable bonds is 2. The van der Waals surface area contributed by atoms with Crippen LogP contribution in [0.4, 0.5) is 22.7 Å². The summed E-state index contributed by atoms with van der Waals surface area (Å²) >= 11 is 0. The maximum absolute atomic E-state index is 2.47. The van der Waals surface area contributed by atoms with E-state index in [9.17, 15) is 0 Å². The first-order valence-electron chi connectivity index (χ1n) is 11.8. The van der Waals surface area contributed by atoms with Crippen molar-refractivity contribution in [3.63, 3.8) is 0 Å². The summed E-state index contributed by atoms with van der Waals surface area (Å²) in [7, 11) is 0. The number of fused-ring (bicyclic) bond motifs is 7. The molecule has 3 heteroatoms. The first kappa shape index (κ1) is 18.0. The van der Waals surface area contributed by atoms with Gasteiger partial charge in [-0.25, -0.2) is 0 Å². The number of para-hydroxylation sites is 5. The van der Waals surface area contributed by atoms with Gasteiger partial charge in [0.25, 0.3) is 0 Å². The van der Waals surface area contributed by atoms with Crippen LogP contribution < -0.4 is 9.80 Å². The van der Waals surface area contributed by atoms with Gasteiger partial charge in [-0.1, -0.05) is 72.8 Å². The van der Waals surface area contributed by atoms with E-state index in [0.717, 1.165) is 6.67 Å². The van der Waals surface area contributed by atoms with Gasteiger partial charge in [-0.3, -0.25) is 0 Å². The van der Waals surface area contributed by atoms with E-state index < -0.39 is 0 Å². The molecule has 0 saturated heterocycles. The van der Waals surface area contributed by atoms with Crippen LogP contribution in [0, 0.1) is 0 Å². The molecule has 34 heavy (non-hydrogen) atoms. The predicted octanol–water partition coefficient (Wildman–Crippen LogP) is 8.08. The summed E-state index contributed by atoms with van der Waals surface area (Å²) in [6, 6.07) is 41.6. The highest BCUT2D eigenvalue weighted by Crippen LogP contribution is 2.49. The zero-order chi connectivity index (χ0) is 22.2. The Bertz CT molecular complexity index is 1850. The Kier molecular flexibility index (Phi) is 3.45. The molecule has 0 atom stereocenters. The Morgan fingerprint density at radius 2 is 1.06 bits per heavy atom. The molecule has 2 aromatic heterocycles. The van der Waals surface area contributed by atoms with Crippen molar-refractivity contribution in [1.29, 1.82) is 0 Å². The van der Waals surface area contributed by atoms with Crippen molar-refractivity contribution in [2.75, 3.05) is 16.5 Å². The topological polar surface area (TPSA) is 10.9 Å². The smallest absolute Gasteiger partial charge is 0.100 e. The number of nitrogens with zero attached hydrogens (tertiary/aromatic N) is 3. The standard InChI is InChI=1S/C31H21N3/c1-2-10-21(11-3-1)32-20-33(28-17-9-8-16-27(28)32)29-19-18-23-22-12-4-6-14-25(22)34-26-15-7-5-13-24(26)30(29)31(23)34/h1-19H,20H2. The van der Waals surface area contributed by atoms with Gasteiger partial charge in [-0.05, 0) is 42.5 Å². The highest BCUT2D eigenvalue weighted by atomic mass is 15.4. The molecule has 0 saturated carbocycles. The molecule has 7 aromatic rings. The van der Waals surface area contributed by atoms with Crippen LogP contribution in [0.1, 0.15) is 0 Å². The van der Waals surface area contributed by atoms with E-state index in [4.69, 9.17) is 0 Å². The van der Waals surface area contributed by atoms with Crippen molar-refractivity contribution in [2.24, 2.45) is 0 Å². The summed E-state index contributed by atoms with van der Waals surface area (Å²) in [6.07, 6.45) is 0. The molecule has 3 heterocycles. The van der Waals surface area contributed by atoms with Crippen LogP contribution in [0.5, 0.6) is 0 Å². The lowest BCUT2D eigenvalue weighted by atomic mass is 10.1. The molecule has 5 aromatic carbocycles. The Labute approximate surface area is 197 Å². The van der Waals surface area contributed by atoms with Crippen LogP contribution in [-0.4, -0.2) is 11.1 Å². The van der Waals surface area contributed by atoms with E-state index in [1.54, 1.807) is 0 Å². The average Bonchev–Trinajstić information content (AvgIpc) is 3.56. The Morgan fingerprint density at radius 3 is 1.85 bits per heavy atom. The molecule has 0 N–H and O–H groups in total. The zero-order valence-corrected chi connectivity index (χ0v) is 18.5. The second-order valence-corrected chi connectivity index (χ2v) is 9.05. The molecule has 8 rings (SSSR count). The van der Waals surface area contributed by atoms with Crippen LogP contribution in [0.25, 0.3) is 38.1 Å². The summed E-state index contributed by atoms with van der Waals surface area (Å²) in [5, 5.41) is 5.26. The summed E-state index contributed by atoms with van der Waals surface area (Å²) in [6.45, 7) is 0.782. The monoisotopic (exact) mass is 435 g/mol. The van der Waals surface area contributed by atoms with E-state index in [1.165, 1.54) is 60.8 Å². The van der Waals surface area contributed by atoms with Crippen LogP contribution in [0.3, 0.4) is 0 Å². The average molecular weight is 436 g/mol. The normalized spacial score (nSPS) is 13.6. The second kappa shape index (κ2) is 6.52. The van der Waals surface area contributed by atoms with E-state index in [2.05, 4.69) is 129 Å². The molecule has 3 nitrogen and oxygen atoms in total. The number of hydrogen-bond donors (Lipinski definition) is 0. The lowest BCUT2D eigenvalue weighted by Crippen LogP contribution is -2.24. The minimum Gasteiger partial charge on any atom is -0.321 e. The van der Waals surface area contributed by atoms with Crippen LogP contribution in [0.15, 0.2) is 115 Å². The molecular formula is C31H21N3. The third-order valence-electron chi connectivity index (χ3n) is 7.33. The van der Waals surface area contributed by atoms with Gasteiger partial charge in [0.2, 0.25) is 0 Å². The minimum absolute atomic E-state index is 0.782. The molecule has 0 unspecified atom stereocenters. The number of hydrogen-bond acceptors (Lipinski definition) is 2. The fourth-order valence-electron chi connectivity index (χ4n) is 5.92. The molecule has 160 valence electrons. The van der Waals surface area contributed by atoms with Crippen molar-refractivity contribution in [3.05, 3.63) is 115 Å². The quantitative estimate of drug-likeness (QED) is 0.272. The molecule has 0 radical (unpaired) electrons. The van der Waals surface area contributed by atoms with Gasteiger partial charge in [-0.2, -0.15) is 0 Å². The highest BCUT2D eigenvalue weighted by molar-refractivity contribution is 6.27. The zero-order valence-electron chi connectivity index (χ0n) is 18.5. The highest BCUT2D eigenvalue weighted by Gasteiger charge is 2.30. The second-order valence-electron chi connectivity index (χ2n) is 9.05. The number of benzene rings is 5. The van der Waals surface area contributed by atoms with Gasteiger partial charge in [0.1, 0.15) is 6.67 Å².